The Morgan fingerprint density at radius 1 is 1.12 bits per heavy atom. The summed E-state index contributed by atoms with van der Waals surface area (Å²) in [6.45, 7) is 12.4. The van der Waals surface area contributed by atoms with Crippen molar-refractivity contribution in [2.75, 3.05) is 11.9 Å². The Labute approximate surface area is 148 Å². The Morgan fingerprint density at radius 2 is 1.88 bits per heavy atom. The van der Waals surface area contributed by atoms with E-state index in [1.807, 2.05) is 0 Å². The maximum atomic E-state index is 4.44. The normalized spacial score (nSPS) is 25.6. The monoisotopic (exact) mass is 326 g/mol. The number of rotatable bonds is 4. The molecule has 2 fully saturated rings. The highest BCUT2D eigenvalue weighted by Gasteiger charge is 2.34. The summed E-state index contributed by atoms with van der Waals surface area (Å²) in [5, 5.41) is 7.46. The summed E-state index contributed by atoms with van der Waals surface area (Å²) in [5.41, 5.74) is 3.93. The first kappa shape index (κ1) is 17.5. The second kappa shape index (κ2) is 7.31. The van der Waals surface area contributed by atoms with Crippen molar-refractivity contribution in [2.45, 2.75) is 70.8 Å². The molecule has 1 saturated carbocycles. The average Bonchev–Trinajstić information content (AvgIpc) is 3.08. The molecule has 2 nitrogen and oxygen atoms in total. The fourth-order valence-corrected chi connectivity index (χ4v) is 4.46. The second-order valence-electron chi connectivity index (χ2n) is 8.75. The molecule has 2 heteroatoms. The zero-order chi connectivity index (χ0) is 17.2. The van der Waals surface area contributed by atoms with Crippen molar-refractivity contribution < 1.29 is 0 Å². The maximum absolute atomic E-state index is 4.44. The molecule has 1 aromatic rings. The minimum Gasteiger partial charge on any atom is -0.359 e. The van der Waals surface area contributed by atoms with Crippen LogP contribution in [-0.2, 0) is 5.41 Å². The van der Waals surface area contributed by atoms with Crippen molar-refractivity contribution in [2.24, 2.45) is 11.8 Å². The minimum atomic E-state index is 0.178. The zero-order valence-corrected chi connectivity index (χ0v) is 15.7. The van der Waals surface area contributed by atoms with Gasteiger partial charge < -0.3 is 10.6 Å². The van der Waals surface area contributed by atoms with E-state index in [2.05, 4.69) is 62.2 Å². The van der Waals surface area contributed by atoms with Gasteiger partial charge in [-0.2, -0.15) is 0 Å². The fraction of sp³-hybridized carbons (Fsp3) is 0.636. The van der Waals surface area contributed by atoms with Crippen LogP contribution in [0.1, 0.15) is 64.9 Å². The lowest BCUT2D eigenvalue weighted by molar-refractivity contribution is 0.236. The predicted octanol–water partition coefficient (Wildman–Crippen LogP) is 5.47. The van der Waals surface area contributed by atoms with Gasteiger partial charge in [0.2, 0.25) is 0 Å². The van der Waals surface area contributed by atoms with E-state index >= 15 is 0 Å². The number of nitrogens with one attached hydrogen (secondary N) is 2. The number of hydrogen-bond acceptors (Lipinski definition) is 2. The first-order valence-electron chi connectivity index (χ1n) is 9.75. The van der Waals surface area contributed by atoms with Crippen LogP contribution in [0.4, 0.5) is 5.69 Å². The Balaban J connectivity index is 1.71. The van der Waals surface area contributed by atoms with Crippen LogP contribution in [0.3, 0.4) is 0 Å². The van der Waals surface area contributed by atoms with Crippen molar-refractivity contribution in [3.05, 3.63) is 42.1 Å². The molecule has 0 amide bonds. The lowest BCUT2D eigenvalue weighted by Gasteiger charge is -2.38. The van der Waals surface area contributed by atoms with Crippen molar-refractivity contribution in [1.29, 1.82) is 0 Å². The van der Waals surface area contributed by atoms with E-state index in [1.165, 1.54) is 62.0 Å². The Hall–Kier alpha value is -1.28. The summed E-state index contributed by atoms with van der Waals surface area (Å²) < 4.78 is 0. The molecule has 2 atom stereocenters. The standard InChI is InChI=1S/C22H34N2/c1-16(24-19-12-7-11-18(15-19)22(2,3)4)20-13-8-14-23-21(20)17-9-5-6-10-17/h7,11-12,15,17,20-21,23-24H,1,5-6,8-10,13-14H2,2-4H3/t20-,21+/m1/s1. The Kier molecular flexibility index (Phi) is 5.34. The summed E-state index contributed by atoms with van der Waals surface area (Å²) >= 11 is 0. The highest BCUT2D eigenvalue weighted by Crippen LogP contribution is 2.36. The molecule has 1 aromatic carbocycles. The summed E-state index contributed by atoms with van der Waals surface area (Å²) in [5.74, 6) is 1.40. The predicted molar refractivity (Wildman–Crippen MR) is 104 cm³/mol. The van der Waals surface area contributed by atoms with Gasteiger partial charge in [-0.15, -0.1) is 0 Å². The smallest absolute Gasteiger partial charge is 0.0384 e. The largest absolute Gasteiger partial charge is 0.359 e. The van der Waals surface area contributed by atoms with E-state index in [1.54, 1.807) is 0 Å². The van der Waals surface area contributed by atoms with E-state index < -0.39 is 0 Å². The second-order valence-corrected chi connectivity index (χ2v) is 8.75. The van der Waals surface area contributed by atoms with Crippen LogP contribution in [0.25, 0.3) is 0 Å². The van der Waals surface area contributed by atoms with Crippen molar-refractivity contribution >= 4 is 5.69 Å². The molecule has 2 N–H and O–H groups in total. The van der Waals surface area contributed by atoms with Crippen LogP contribution >= 0.6 is 0 Å². The number of piperidine rings is 1. The molecule has 1 aliphatic heterocycles. The van der Waals surface area contributed by atoms with Crippen LogP contribution in [0, 0.1) is 11.8 Å². The SMILES string of the molecule is C=C(Nc1cccc(C(C)(C)C)c1)[C@H]1CCCN[C@H]1C1CCCC1. The molecule has 1 aliphatic carbocycles. The highest BCUT2D eigenvalue weighted by molar-refractivity contribution is 5.51. The van der Waals surface area contributed by atoms with Crippen LogP contribution < -0.4 is 10.6 Å². The quantitative estimate of drug-likeness (QED) is 0.767. The van der Waals surface area contributed by atoms with Gasteiger partial charge >= 0.3 is 0 Å². The number of benzene rings is 1. The summed E-state index contributed by atoms with van der Waals surface area (Å²) in [7, 11) is 0. The highest BCUT2D eigenvalue weighted by atomic mass is 15.0. The van der Waals surface area contributed by atoms with E-state index in [0.29, 0.717) is 12.0 Å². The van der Waals surface area contributed by atoms with Crippen LogP contribution in [0.15, 0.2) is 36.5 Å². The first-order valence-corrected chi connectivity index (χ1v) is 9.75. The molecule has 0 unspecified atom stereocenters. The van der Waals surface area contributed by atoms with E-state index in [-0.39, 0.29) is 5.41 Å². The van der Waals surface area contributed by atoms with Crippen LogP contribution in [0.5, 0.6) is 0 Å². The molecule has 1 saturated heterocycles. The van der Waals surface area contributed by atoms with Crippen molar-refractivity contribution in [3.8, 4) is 0 Å². The summed E-state index contributed by atoms with van der Waals surface area (Å²) in [6.07, 6.45) is 8.11. The van der Waals surface area contributed by atoms with Gasteiger partial charge in [-0.05, 0) is 61.3 Å². The van der Waals surface area contributed by atoms with Crippen molar-refractivity contribution in [1.82, 2.24) is 5.32 Å². The molecular formula is C22H34N2. The van der Waals surface area contributed by atoms with Crippen LogP contribution in [-0.4, -0.2) is 12.6 Å². The van der Waals surface area contributed by atoms with Gasteiger partial charge in [-0.3, -0.25) is 0 Å². The van der Waals surface area contributed by atoms with E-state index in [9.17, 15) is 0 Å². The van der Waals surface area contributed by atoms with Gasteiger partial charge in [0.1, 0.15) is 0 Å². The Bertz CT molecular complexity index is 564. The third kappa shape index (κ3) is 4.03. The summed E-state index contributed by atoms with van der Waals surface area (Å²) in [6, 6.07) is 9.45. The lowest BCUT2D eigenvalue weighted by atomic mass is 9.80. The molecule has 0 bridgehead atoms. The third-order valence-corrected chi connectivity index (χ3v) is 5.89. The topological polar surface area (TPSA) is 24.1 Å². The molecule has 0 aromatic heterocycles. The molecule has 0 radical (unpaired) electrons. The first-order chi connectivity index (χ1) is 11.4. The van der Waals surface area contributed by atoms with E-state index in [4.69, 9.17) is 0 Å². The molecule has 0 spiro atoms. The van der Waals surface area contributed by atoms with Crippen LogP contribution in [0.2, 0.25) is 0 Å². The molecule has 1 heterocycles. The average molecular weight is 327 g/mol. The molecule has 24 heavy (non-hydrogen) atoms. The zero-order valence-electron chi connectivity index (χ0n) is 15.7. The van der Waals surface area contributed by atoms with Gasteiger partial charge in [0.25, 0.3) is 0 Å². The fourth-order valence-electron chi connectivity index (χ4n) is 4.46. The minimum absolute atomic E-state index is 0.178. The molecular weight excluding hydrogens is 292 g/mol. The molecule has 132 valence electrons. The van der Waals surface area contributed by atoms with Gasteiger partial charge in [0, 0.05) is 23.3 Å². The Morgan fingerprint density at radius 3 is 2.58 bits per heavy atom. The van der Waals surface area contributed by atoms with Gasteiger partial charge in [0.15, 0.2) is 0 Å². The third-order valence-electron chi connectivity index (χ3n) is 5.89. The van der Waals surface area contributed by atoms with Gasteiger partial charge in [0.05, 0.1) is 0 Å². The molecule has 2 aliphatic rings. The number of anilines is 1. The van der Waals surface area contributed by atoms with Gasteiger partial charge in [-0.25, -0.2) is 0 Å². The van der Waals surface area contributed by atoms with Crippen molar-refractivity contribution in [3.63, 3.8) is 0 Å². The summed E-state index contributed by atoms with van der Waals surface area (Å²) in [4.78, 5) is 0. The molecule has 3 rings (SSSR count). The van der Waals surface area contributed by atoms with Gasteiger partial charge in [-0.1, -0.05) is 52.3 Å². The lowest BCUT2D eigenvalue weighted by Crippen LogP contribution is -2.47. The number of hydrogen-bond donors (Lipinski definition) is 2. The maximum Gasteiger partial charge on any atom is 0.0384 e. The van der Waals surface area contributed by atoms with E-state index in [0.717, 1.165) is 5.92 Å².